The Morgan fingerprint density at radius 2 is 1.85 bits per heavy atom. The van der Waals surface area contributed by atoms with Gasteiger partial charge in [0.15, 0.2) is 11.5 Å². The summed E-state index contributed by atoms with van der Waals surface area (Å²) >= 11 is 0. The number of alkyl halides is 2. The highest BCUT2D eigenvalue weighted by Crippen LogP contribution is 2.38. The lowest BCUT2D eigenvalue weighted by atomic mass is 10.1. The number of carbonyl (C=O) groups excluding carboxylic acids is 1. The Kier molecular flexibility index (Phi) is 6.76. The van der Waals surface area contributed by atoms with Gasteiger partial charge in [0.25, 0.3) is 6.43 Å². The topological polar surface area (TPSA) is 74.6 Å². The molecule has 26 heavy (non-hydrogen) atoms. The molecule has 0 atom stereocenters. The fraction of sp³-hybridized carbons (Fsp3) is 0.412. The number of nitrogens with one attached hydrogen (secondary N) is 1. The molecule has 7 nitrogen and oxygen atoms in total. The van der Waals surface area contributed by atoms with Crippen LogP contribution in [0.25, 0.3) is 0 Å². The molecule has 0 unspecified atom stereocenters. The first-order valence-corrected chi connectivity index (χ1v) is 7.86. The van der Waals surface area contributed by atoms with Crippen molar-refractivity contribution in [1.82, 2.24) is 9.78 Å². The number of benzene rings is 1. The second kappa shape index (κ2) is 9.02. The molecular formula is C17H21F2N3O4. The van der Waals surface area contributed by atoms with Gasteiger partial charge < -0.3 is 19.5 Å². The molecule has 1 N–H and O–H groups in total. The molecule has 1 heterocycles. The van der Waals surface area contributed by atoms with E-state index in [1.165, 1.54) is 33.7 Å². The zero-order valence-corrected chi connectivity index (χ0v) is 14.8. The number of ether oxygens (including phenoxy) is 3. The molecule has 0 saturated heterocycles. The number of hydrogen-bond donors (Lipinski definition) is 1. The minimum Gasteiger partial charge on any atom is -0.493 e. The maximum atomic E-state index is 12.3. The van der Waals surface area contributed by atoms with Gasteiger partial charge >= 0.3 is 0 Å². The first-order chi connectivity index (χ1) is 12.5. The monoisotopic (exact) mass is 369 g/mol. The third kappa shape index (κ3) is 5.08. The van der Waals surface area contributed by atoms with E-state index < -0.39 is 13.0 Å². The SMILES string of the molecule is COc1cc(CCC(=O)Nc2cnn(CC(F)F)c2)cc(OC)c1OC. The predicted octanol–water partition coefficient (Wildman–Crippen LogP) is 2.75. The summed E-state index contributed by atoms with van der Waals surface area (Å²) in [6.07, 6.45) is 0.828. The Bertz CT molecular complexity index is 724. The quantitative estimate of drug-likeness (QED) is 0.736. The van der Waals surface area contributed by atoms with Crippen molar-refractivity contribution in [3.8, 4) is 17.2 Å². The van der Waals surface area contributed by atoms with Crippen molar-refractivity contribution >= 4 is 11.6 Å². The predicted molar refractivity (Wildman–Crippen MR) is 91.3 cm³/mol. The molecule has 0 saturated carbocycles. The third-order valence-electron chi connectivity index (χ3n) is 3.61. The number of rotatable bonds is 9. The van der Waals surface area contributed by atoms with Gasteiger partial charge in [0.05, 0.1) is 33.2 Å². The second-order valence-electron chi connectivity index (χ2n) is 5.42. The Balaban J connectivity index is 1.97. The number of anilines is 1. The van der Waals surface area contributed by atoms with Crippen LogP contribution in [-0.2, 0) is 17.8 Å². The smallest absolute Gasteiger partial charge is 0.257 e. The van der Waals surface area contributed by atoms with Gasteiger partial charge in [-0.2, -0.15) is 5.10 Å². The van der Waals surface area contributed by atoms with Crippen molar-refractivity contribution in [2.75, 3.05) is 26.6 Å². The molecule has 9 heteroatoms. The van der Waals surface area contributed by atoms with Crippen LogP contribution in [0, 0.1) is 0 Å². The molecule has 0 fully saturated rings. The zero-order valence-electron chi connectivity index (χ0n) is 14.8. The van der Waals surface area contributed by atoms with E-state index >= 15 is 0 Å². The minimum atomic E-state index is -2.50. The summed E-state index contributed by atoms with van der Waals surface area (Å²) in [7, 11) is 4.55. The van der Waals surface area contributed by atoms with Crippen molar-refractivity contribution in [3.05, 3.63) is 30.1 Å². The normalized spacial score (nSPS) is 10.7. The Labute approximate surface area is 149 Å². The van der Waals surface area contributed by atoms with Gasteiger partial charge in [-0.15, -0.1) is 0 Å². The van der Waals surface area contributed by atoms with Crippen LogP contribution >= 0.6 is 0 Å². The van der Waals surface area contributed by atoms with E-state index in [1.54, 1.807) is 12.1 Å². The second-order valence-corrected chi connectivity index (χ2v) is 5.42. The number of methoxy groups -OCH3 is 3. The van der Waals surface area contributed by atoms with E-state index in [9.17, 15) is 13.6 Å². The van der Waals surface area contributed by atoms with Gasteiger partial charge in [0.2, 0.25) is 11.7 Å². The number of amides is 1. The molecule has 0 aliphatic heterocycles. The minimum absolute atomic E-state index is 0.193. The molecule has 0 aliphatic rings. The summed E-state index contributed by atoms with van der Waals surface area (Å²) in [5, 5.41) is 6.40. The molecule has 1 aromatic heterocycles. The van der Waals surface area contributed by atoms with E-state index in [0.29, 0.717) is 29.4 Å². The Hall–Kier alpha value is -2.84. The zero-order chi connectivity index (χ0) is 19.1. The van der Waals surface area contributed by atoms with E-state index in [0.717, 1.165) is 10.2 Å². The van der Waals surface area contributed by atoms with Gasteiger partial charge in [-0.25, -0.2) is 8.78 Å². The van der Waals surface area contributed by atoms with Crippen LogP contribution in [-0.4, -0.2) is 43.4 Å². The summed E-state index contributed by atoms with van der Waals surface area (Å²) < 4.78 is 41.5. The molecule has 142 valence electrons. The molecular weight excluding hydrogens is 348 g/mol. The van der Waals surface area contributed by atoms with Crippen LogP contribution in [0.1, 0.15) is 12.0 Å². The number of halogens is 2. The fourth-order valence-electron chi connectivity index (χ4n) is 2.43. The van der Waals surface area contributed by atoms with Gasteiger partial charge in [0, 0.05) is 12.6 Å². The average molecular weight is 369 g/mol. The number of carbonyl (C=O) groups is 1. The summed E-state index contributed by atoms with van der Waals surface area (Å²) in [5.74, 6) is 1.25. The van der Waals surface area contributed by atoms with Crippen LogP contribution in [0.2, 0.25) is 0 Å². The molecule has 2 aromatic rings. The largest absolute Gasteiger partial charge is 0.493 e. The van der Waals surface area contributed by atoms with Crippen molar-refractivity contribution in [2.24, 2.45) is 0 Å². The lowest BCUT2D eigenvalue weighted by Gasteiger charge is -2.14. The molecule has 0 radical (unpaired) electrons. The molecule has 2 rings (SSSR count). The van der Waals surface area contributed by atoms with E-state index in [-0.39, 0.29) is 12.3 Å². The highest BCUT2D eigenvalue weighted by Gasteiger charge is 2.14. The Morgan fingerprint density at radius 3 is 2.38 bits per heavy atom. The molecule has 1 aromatic carbocycles. The van der Waals surface area contributed by atoms with Crippen LogP contribution in [0.4, 0.5) is 14.5 Å². The van der Waals surface area contributed by atoms with Gasteiger partial charge in [-0.3, -0.25) is 9.48 Å². The van der Waals surface area contributed by atoms with Crippen LogP contribution in [0.3, 0.4) is 0 Å². The van der Waals surface area contributed by atoms with E-state index in [2.05, 4.69) is 10.4 Å². The molecule has 0 spiro atoms. The lowest BCUT2D eigenvalue weighted by Crippen LogP contribution is -2.12. The Morgan fingerprint density at radius 1 is 1.19 bits per heavy atom. The van der Waals surface area contributed by atoms with Gasteiger partial charge in [0.1, 0.15) is 6.54 Å². The van der Waals surface area contributed by atoms with E-state index in [4.69, 9.17) is 14.2 Å². The standard InChI is InChI=1S/C17H21F2N3O4/c1-24-13-6-11(7-14(25-2)17(13)26-3)4-5-16(23)21-12-8-20-22(9-12)10-15(18)19/h6-9,15H,4-5,10H2,1-3H3,(H,21,23). The first kappa shape index (κ1) is 19.5. The third-order valence-corrected chi connectivity index (χ3v) is 3.61. The lowest BCUT2D eigenvalue weighted by molar-refractivity contribution is -0.116. The average Bonchev–Trinajstić information content (AvgIpc) is 3.04. The number of aryl methyl sites for hydroxylation is 1. The molecule has 0 bridgehead atoms. The summed E-state index contributed by atoms with van der Waals surface area (Å²) in [6, 6.07) is 3.55. The fourth-order valence-corrected chi connectivity index (χ4v) is 2.43. The van der Waals surface area contributed by atoms with Crippen molar-refractivity contribution in [2.45, 2.75) is 25.8 Å². The van der Waals surface area contributed by atoms with Crippen molar-refractivity contribution in [1.29, 1.82) is 0 Å². The van der Waals surface area contributed by atoms with Crippen LogP contribution in [0.5, 0.6) is 17.2 Å². The molecule has 1 amide bonds. The maximum Gasteiger partial charge on any atom is 0.257 e. The summed E-state index contributed by atoms with van der Waals surface area (Å²) in [4.78, 5) is 12.1. The van der Waals surface area contributed by atoms with Crippen molar-refractivity contribution in [3.63, 3.8) is 0 Å². The van der Waals surface area contributed by atoms with Gasteiger partial charge in [-0.1, -0.05) is 0 Å². The van der Waals surface area contributed by atoms with Crippen molar-refractivity contribution < 1.29 is 27.8 Å². The number of nitrogens with zero attached hydrogens (tertiary/aromatic N) is 2. The molecule has 0 aliphatic carbocycles. The highest BCUT2D eigenvalue weighted by molar-refractivity contribution is 5.90. The number of aromatic nitrogens is 2. The number of hydrogen-bond acceptors (Lipinski definition) is 5. The van der Waals surface area contributed by atoms with Crippen LogP contribution < -0.4 is 19.5 Å². The van der Waals surface area contributed by atoms with Gasteiger partial charge in [-0.05, 0) is 24.1 Å². The maximum absolute atomic E-state index is 12.3. The summed E-state index contributed by atoms with van der Waals surface area (Å²) in [6.45, 7) is -0.513. The van der Waals surface area contributed by atoms with Crippen LogP contribution in [0.15, 0.2) is 24.5 Å². The highest BCUT2D eigenvalue weighted by atomic mass is 19.3. The van der Waals surface area contributed by atoms with E-state index in [1.807, 2.05) is 0 Å². The first-order valence-electron chi connectivity index (χ1n) is 7.86. The summed E-state index contributed by atoms with van der Waals surface area (Å²) in [5.41, 5.74) is 1.21.